The molecular weight excluding hydrogens is 400 g/mol. The van der Waals surface area contributed by atoms with Crippen molar-refractivity contribution in [2.45, 2.75) is 6.42 Å². The fourth-order valence-electron chi connectivity index (χ4n) is 3.09. The number of ether oxygens (including phenoxy) is 3. The van der Waals surface area contributed by atoms with Crippen molar-refractivity contribution in [1.29, 1.82) is 0 Å². The van der Waals surface area contributed by atoms with Gasteiger partial charge in [0.15, 0.2) is 22.7 Å². The Labute approximate surface area is 178 Å². The smallest absolute Gasteiger partial charge is 0.256 e. The van der Waals surface area contributed by atoms with E-state index in [1.807, 2.05) is 0 Å². The number of rotatable bonds is 6. The number of carbonyl (C=O) groups excluding carboxylic acids is 1. The zero-order valence-corrected chi connectivity index (χ0v) is 17.2. The van der Waals surface area contributed by atoms with Gasteiger partial charge in [-0.25, -0.2) is 9.97 Å². The van der Waals surface area contributed by atoms with E-state index in [0.717, 1.165) is 0 Å². The predicted octanol–water partition coefficient (Wildman–Crippen LogP) is 3.59. The van der Waals surface area contributed by atoms with Gasteiger partial charge < -0.3 is 23.9 Å². The van der Waals surface area contributed by atoms with Crippen molar-refractivity contribution in [1.82, 2.24) is 15.0 Å². The molecule has 0 saturated heterocycles. The second-order valence-corrected chi connectivity index (χ2v) is 6.44. The maximum Gasteiger partial charge on any atom is 0.256 e. The molecule has 0 aliphatic heterocycles. The summed E-state index contributed by atoms with van der Waals surface area (Å²) in [4.78, 5) is 25.8. The van der Waals surface area contributed by atoms with Crippen molar-refractivity contribution in [3.05, 3.63) is 71.5 Å². The molecule has 3 aromatic heterocycles. The van der Waals surface area contributed by atoms with E-state index >= 15 is 0 Å². The molecule has 0 aromatic carbocycles. The van der Waals surface area contributed by atoms with Crippen LogP contribution in [-0.2, 0) is 19.0 Å². The molecule has 3 aromatic rings. The van der Waals surface area contributed by atoms with Gasteiger partial charge in [-0.05, 0) is 30.3 Å². The molecule has 0 bridgehead atoms. The lowest BCUT2D eigenvalue weighted by atomic mass is 10.2. The van der Waals surface area contributed by atoms with Crippen LogP contribution in [0.4, 0.5) is 5.82 Å². The molecule has 0 unspecified atom stereocenters. The summed E-state index contributed by atoms with van der Waals surface area (Å²) < 4.78 is 21.8. The first-order chi connectivity index (χ1) is 15.1. The van der Waals surface area contributed by atoms with Gasteiger partial charge >= 0.3 is 0 Å². The van der Waals surface area contributed by atoms with Crippen LogP contribution in [0.3, 0.4) is 0 Å². The van der Waals surface area contributed by atoms with Crippen LogP contribution in [0.25, 0.3) is 22.8 Å². The second kappa shape index (κ2) is 8.70. The first-order valence-corrected chi connectivity index (χ1v) is 9.40. The molecule has 1 N–H and O–H groups in total. The molecular formula is C22H20N4O5. The highest BCUT2D eigenvalue weighted by molar-refractivity contribution is 6.05. The minimum Gasteiger partial charge on any atom is -0.497 e. The summed E-state index contributed by atoms with van der Waals surface area (Å²) in [6.45, 7) is 0. The number of oxazole rings is 1. The summed E-state index contributed by atoms with van der Waals surface area (Å²) in [7, 11) is 4.56. The quantitative estimate of drug-likeness (QED) is 0.644. The molecule has 0 radical (unpaired) electrons. The van der Waals surface area contributed by atoms with Crippen molar-refractivity contribution in [2.75, 3.05) is 26.6 Å². The fraction of sp³-hybridized carbons (Fsp3) is 0.182. The summed E-state index contributed by atoms with van der Waals surface area (Å²) in [5, 5.41) is 2.79. The molecule has 0 spiro atoms. The van der Waals surface area contributed by atoms with Crippen molar-refractivity contribution < 1.29 is 23.4 Å². The molecule has 1 amide bonds. The van der Waals surface area contributed by atoms with Crippen LogP contribution in [0.15, 0.2) is 75.9 Å². The summed E-state index contributed by atoms with van der Waals surface area (Å²) in [6, 6.07) is 8.72. The number of nitrogens with one attached hydrogen (secondary N) is 1. The molecule has 31 heavy (non-hydrogen) atoms. The van der Waals surface area contributed by atoms with Crippen LogP contribution in [0.2, 0.25) is 0 Å². The molecule has 9 nitrogen and oxygen atoms in total. The lowest BCUT2D eigenvalue weighted by Gasteiger charge is -2.12. The van der Waals surface area contributed by atoms with E-state index in [-0.39, 0.29) is 5.91 Å². The summed E-state index contributed by atoms with van der Waals surface area (Å²) in [5.41, 5.74) is 1.91. The first-order valence-electron chi connectivity index (χ1n) is 9.40. The van der Waals surface area contributed by atoms with Crippen molar-refractivity contribution in [2.24, 2.45) is 0 Å². The zero-order chi connectivity index (χ0) is 21.8. The zero-order valence-electron chi connectivity index (χ0n) is 17.2. The van der Waals surface area contributed by atoms with Crippen molar-refractivity contribution in [3.63, 3.8) is 0 Å². The van der Waals surface area contributed by atoms with Crippen LogP contribution in [-0.4, -0.2) is 42.2 Å². The third-order valence-corrected chi connectivity index (χ3v) is 4.58. The predicted molar refractivity (Wildman–Crippen MR) is 113 cm³/mol. The van der Waals surface area contributed by atoms with E-state index in [2.05, 4.69) is 20.3 Å². The monoisotopic (exact) mass is 420 g/mol. The normalized spacial score (nSPS) is 13.9. The Morgan fingerprint density at radius 2 is 1.94 bits per heavy atom. The third-order valence-electron chi connectivity index (χ3n) is 4.58. The van der Waals surface area contributed by atoms with Crippen LogP contribution < -0.4 is 5.32 Å². The van der Waals surface area contributed by atoms with E-state index in [4.69, 9.17) is 18.6 Å². The number of anilines is 1. The van der Waals surface area contributed by atoms with E-state index in [9.17, 15) is 4.79 Å². The molecule has 1 aliphatic carbocycles. The molecule has 4 rings (SSSR count). The molecule has 158 valence electrons. The van der Waals surface area contributed by atoms with Crippen LogP contribution >= 0.6 is 0 Å². The Bertz CT molecular complexity index is 1190. The SMILES string of the molecule is COC1=CC(C(=O)Nc2cccc(-c3nc4ncccc4o3)n2)=CCC(OC)=C1OC. The second-order valence-electron chi connectivity index (χ2n) is 6.44. The number of fused-ring (bicyclic) bond motifs is 1. The molecule has 1 aliphatic rings. The van der Waals surface area contributed by atoms with Gasteiger partial charge in [-0.15, -0.1) is 0 Å². The molecule has 0 fully saturated rings. The summed E-state index contributed by atoms with van der Waals surface area (Å²) in [6.07, 6.45) is 5.33. The third kappa shape index (κ3) is 4.11. The van der Waals surface area contributed by atoms with E-state index in [1.165, 1.54) is 21.3 Å². The maximum absolute atomic E-state index is 12.9. The van der Waals surface area contributed by atoms with Gasteiger partial charge in [0.2, 0.25) is 5.89 Å². The highest BCUT2D eigenvalue weighted by Gasteiger charge is 2.21. The Morgan fingerprint density at radius 3 is 2.68 bits per heavy atom. The molecule has 3 heterocycles. The number of allylic oxidation sites excluding steroid dienone is 1. The first kappa shape index (κ1) is 20.1. The Balaban J connectivity index is 1.58. The van der Waals surface area contributed by atoms with Crippen LogP contribution in [0, 0.1) is 0 Å². The minimum atomic E-state index is -0.355. The highest BCUT2D eigenvalue weighted by Crippen LogP contribution is 2.27. The number of aromatic nitrogens is 3. The highest BCUT2D eigenvalue weighted by atomic mass is 16.5. The number of methoxy groups -OCH3 is 3. The lowest BCUT2D eigenvalue weighted by molar-refractivity contribution is -0.112. The molecule has 0 saturated carbocycles. The van der Waals surface area contributed by atoms with Gasteiger partial charge in [-0.2, -0.15) is 4.98 Å². The van der Waals surface area contributed by atoms with Gasteiger partial charge in [0.1, 0.15) is 17.3 Å². The average Bonchev–Trinajstić information content (AvgIpc) is 3.14. The number of pyridine rings is 2. The van der Waals surface area contributed by atoms with Gasteiger partial charge in [-0.1, -0.05) is 12.1 Å². The van der Waals surface area contributed by atoms with Gasteiger partial charge in [-0.3, -0.25) is 4.79 Å². The lowest BCUT2D eigenvalue weighted by Crippen LogP contribution is -2.15. The van der Waals surface area contributed by atoms with E-state index in [0.29, 0.717) is 57.9 Å². The van der Waals surface area contributed by atoms with E-state index < -0.39 is 0 Å². The van der Waals surface area contributed by atoms with Crippen molar-refractivity contribution in [3.8, 4) is 11.6 Å². The Hall–Kier alpha value is -4.14. The van der Waals surface area contributed by atoms with Gasteiger partial charge in [0.05, 0.1) is 21.3 Å². The van der Waals surface area contributed by atoms with E-state index in [1.54, 1.807) is 48.7 Å². The number of hydrogen-bond donors (Lipinski definition) is 1. The van der Waals surface area contributed by atoms with Gasteiger partial charge in [0.25, 0.3) is 5.91 Å². The maximum atomic E-state index is 12.9. The summed E-state index contributed by atoms with van der Waals surface area (Å²) >= 11 is 0. The number of carbonyl (C=O) groups is 1. The van der Waals surface area contributed by atoms with Crippen molar-refractivity contribution >= 4 is 23.0 Å². The fourth-order valence-corrected chi connectivity index (χ4v) is 3.09. The van der Waals surface area contributed by atoms with Gasteiger partial charge in [0, 0.05) is 18.2 Å². The number of nitrogens with zero attached hydrogens (tertiary/aromatic N) is 3. The largest absolute Gasteiger partial charge is 0.497 e. The summed E-state index contributed by atoms with van der Waals surface area (Å²) in [5.74, 6) is 1.70. The Kier molecular flexibility index (Phi) is 5.65. The van der Waals surface area contributed by atoms with Crippen LogP contribution in [0.5, 0.6) is 0 Å². The van der Waals surface area contributed by atoms with Crippen LogP contribution in [0.1, 0.15) is 6.42 Å². The number of hydrogen-bond acceptors (Lipinski definition) is 8. The standard InChI is InChI=1S/C22H20N4O5/c1-28-15-10-9-13(12-17(29-2)19(15)30-3)21(27)25-18-8-4-6-14(24-18)22-26-20-16(31-22)7-5-11-23-20/h4-9,11-12H,10H2,1-3H3,(H,24,25,27). The molecule has 0 atom stereocenters. The Morgan fingerprint density at radius 1 is 1.06 bits per heavy atom. The number of amides is 1. The minimum absolute atomic E-state index is 0.318. The molecule has 9 heteroatoms. The topological polar surface area (TPSA) is 109 Å². The average molecular weight is 420 g/mol.